The number of hydrogen-bond acceptors (Lipinski definition) is 9. The Morgan fingerprint density at radius 3 is 1.49 bits per heavy atom. The maximum atomic E-state index is 14.9. The summed E-state index contributed by atoms with van der Waals surface area (Å²) >= 11 is 0. The van der Waals surface area contributed by atoms with E-state index in [4.69, 9.17) is 0 Å². The number of halogens is 1. The normalized spacial score (nSPS) is 10.9. The highest BCUT2D eigenvalue weighted by Gasteiger charge is 2.14. The van der Waals surface area contributed by atoms with Gasteiger partial charge >= 0.3 is 0 Å². The van der Waals surface area contributed by atoms with E-state index in [0.29, 0.717) is 61.2 Å². The Bertz CT molecular complexity index is 3450. The fourth-order valence-electron chi connectivity index (χ4n) is 7.12. The van der Waals surface area contributed by atoms with Gasteiger partial charge in [-0.25, -0.2) is 19.3 Å². The van der Waals surface area contributed by atoms with Crippen LogP contribution in [0.25, 0.3) is 43.6 Å². The Kier molecular flexibility index (Phi) is 10.8. The molecule has 0 fully saturated rings. The van der Waals surface area contributed by atoms with E-state index in [-0.39, 0.29) is 28.6 Å². The molecule has 0 unspecified atom stereocenters. The monoisotopic (exact) mass is 831 g/mol. The van der Waals surface area contributed by atoms with Gasteiger partial charge < -0.3 is 31.2 Å². The Morgan fingerprint density at radius 2 is 0.968 bits per heavy atom. The maximum absolute atomic E-state index is 14.9. The van der Waals surface area contributed by atoms with E-state index in [1.165, 1.54) is 6.07 Å². The second-order valence-corrected chi connectivity index (χ2v) is 14.2. The predicted molar refractivity (Wildman–Crippen MR) is 246 cm³/mol. The van der Waals surface area contributed by atoms with Gasteiger partial charge in [0.15, 0.2) is 0 Å². The second kappa shape index (κ2) is 17.3. The lowest BCUT2D eigenvalue weighted by molar-refractivity contribution is 0.101. The molecular formula is C49H34FN9O4. The molecule has 13 nitrogen and oxygen atoms in total. The van der Waals surface area contributed by atoms with Crippen molar-refractivity contribution in [3.63, 3.8) is 0 Å². The van der Waals surface area contributed by atoms with Crippen LogP contribution in [0.4, 0.5) is 38.6 Å². The van der Waals surface area contributed by atoms with E-state index in [2.05, 4.69) is 46.2 Å². The van der Waals surface area contributed by atoms with Gasteiger partial charge in [0.25, 0.3) is 22.9 Å². The van der Waals surface area contributed by atoms with Gasteiger partial charge in [0.2, 0.25) is 0 Å². The highest BCUT2D eigenvalue weighted by atomic mass is 19.1. The van der Waals surface area contributed by atoms with Crippen LogP contribution in [0.2, 0.25) is 0 Å². The Hall–Kier alpha value is -9.04. The van der Waals surface area contributed by atoms with E-state index >= 15 is 0 Å². The molecule has 0 aliphatic carbocycles. The standard InChI is InChI=1S/C25H17FN4O2.C24H17N5O2/c26-19-14-16(28-24(31)15-6-2-1-3-7-15)10-11-20(19)29-21-12-13-27-23-22(21)17-8-4-5-9-18(17)25(32)30-23;30-23(15-6-2-1-3-7-15)28-20-11-10-16(14-26-20)27-19-12-13-25-22-21(19)17-8-4-5-9-18(17)24(31)29-22/h1-14H,(H,28,31)(H2,27,29,30,32);1-14H,(H,26,28,30)(H2,25,27,29,31). The Balaban J connectivity index is 0.000000160. The Labute approximate surface area is 356 Å². The van der Waals surface area contributed by atoms with Crippen LogP contribution in [0.5, 0.6) is 0 Å². The van der Waals surface area contributed by atoms with E-state index in [0.717, 1.165) is 22.1 Å². The third-order valence-electron chi connectivity index (χ3n) is 10.1. The number of nitrogens with one attached hydrogen (secondary N) is 6. The molecule has 0 saturated carbocycles. The molecule has 0 bridgehead atoms. The first kappa shape index (κ1) is 39.4. The van der Waals surface area contributed by atoms with Crippen LogP contribution in [0.15, 0.2) is 180 Å². The first-order valence-corrected chi connectivity index (χ1v) is 19.6. The molecule has 5 aromatic heterocycles. The summed E-state index contributed by atoms with van der Waals surface area (Å²) in [7, 11) is 0. The van der Waals surface area contributed by atoms with Gasteiger partial charge in [-0.15, -0.1) is 0 Å². The van der Waals surface area contributed by atoms with Crippen LogP contribution in [-0.2, 0) is 0 Å². The molecule has 10 rings (SSSR count). The number of nitrogens with zero attached hydrogens (tertiary/aromatic N) is 3. The zero-order chi connectivity index (χ0) is 43.3. The van der Waals surface area contributed by atoms with E-state index in [9.17, 15) is 23.6 Å². The van der Waals surface area contributed by atoms with Crippen molar-refractivity contribution in [2.45, 2.75) is 0 Å². The minimum atomic E-state index is -0.533. The number of fused-ring (bicyclic) bond motifs is 6. The lowest BCUT2D eigenvalue weighted by atomic mass is 10.1. The number of anilines is 6. The highest BCUT2D eigenvalue weighted by Crippen LogP contribution is 2.32. The third-order valence-corrected chi connectivity index (χ3v) is 10.1. The molecule has 5 heterocycles. The van der Waals surface area contributed by atoms with Crippen molar-refractivity contribution in [3.8, 4) is 0 Å². The molecule has 2 amide bonds. The zero-order valence-corrected chi connectivity index (χ0v) is 33.0. The van der Waals surface area contributed by atoms with E-state index in [1.807, 2.05) is 66.7 Å². The van der Waals surface area contributed by atoms with Gasteiger partial charge in [-0.3, -0.25) is 19.2 Å². The van der Waals surface area contributed by atoms with Gasteiger partial charge in [-0.1, -0.05) is 72.8 Å². The van der Waals surface area contributed by atoms with Gasteiger partial charge in [-0.05, 0) is 78.9 Å². The first-order valence-electron chi connectivity index (χ1n) is 19.6. The third kappa shape index (κ3) is 8.40. The van der Waals surface area contributed by atoms with E-state index < -0.39 is 5.82 Å². The van der Waals surface area contributed by atoms with Crippen molar-refractivity contribution in [2.24, 2.45) is 0 Å². The summed E-state index contributed by atoms with van der Waals surface area (Å²) in [6.45, 7) is 0. The maximum Gasteiger partial charge on any atom is 0.257 e. The van der Waals surface area contributed by atoms with E-state index in [1.54, 1.807) is 97.5 Å². The molecule has 10 aromatic rings. The lowest BCUT2D eigenvalue weighted by Crippen LogP contribution is -2.12. The van der Waals surface area contributed by atoms with Gasteiger partial charge in [0.05, 0.1) is 28.9 Å². The largest absolute Gasteiger partial charge is 0.354 e. The number of aromatic amines is 2. The van der Waals surface area contributed by atoms with Crippen molar-refractivity contribution in [1.82, 2.24) is 24.9 Å². The summed E-state index contributed by atoms with van der Waals surface area (Å²) in [6, 6.07) is 43.8. The minimum absolute atomic E-state index is 0.173. The fraction of sp³-hybridized carbons (Fsp3) is 0. The summed E-state index contributed by atoms with van der Waals surface area (Å²) in [5.41, 5.74) is 4.26. The molecule has 63 heavy (non-hydrogen) atoms. The summed E-state index contributed by atoms with van der Waals surface area (Å²) in [5.74, 6) is -0.617. The molecule has 5 aromatic carbocycles. The molecule has 0 spiro atoms. The molecule has 14 heteroatoms. The number of benzene rings is 5. The SMILES string of the molecule is O=C(Nc1ccc(Nc2ccnc3[nH]c(=O)c4ccccc4c23)c(F)c1)c1ccccc1.O=C(Nc1ccc(Nc2ccnc3[nH]c(=O)c4ccccc4c23)cn1)c1ccccc1. The van der Waals surface area contributed by atoms with Crippen molar-refractivity contribution >= 4 is 89.7 Å². The minimum Gasteiger partial charge on any atom is -0.354 e. The summed E-state index contributed by atoms with van der Waals surface area (Å²) in [5, 5.41) is 16.1. The summed E-state index contributed by atoms with van der Waals surface area (Å²) in [4.78, 5) is 67.8. The van der Waals surface area contributed by atoms with Crippen molar-refractivity contribution in [3.05, 3.63) is 208 Å². The lowest BCUT2D eigenvalue weighted by Gasteiger charge is -2.13. The molecular weight excluding hydrogens is 798 g/mol. The number of amides is 2. The van der Waals surface area contributed by atoms with Gasteiger partial charge in [0.1, 0.15) is 22.9 Å². The Morgan fingerprint density at radius 1 is 0.476 bits per heavy atom. The number of H-pyrrole nitrogens is 2. The number of rotatable bonds is 8. The van der Waals surface area contributed by atoms with Crippen LogP contribution < -0.4 is 32.4 Å². The average Bonchev–Trinajstić information content (AvgIpc) is 3.31. The van der Waals surface area contributed by atoms with Crippen LogP contribution in [-0.4, -0.2) is 36.7 Å². The van der Waals surface area contributed by atoms with Gasteiger partial charge in [-0.2, -0.15) is 0 Å². The summed E-state index contributed by atoms with van der Waals surface area (Å²) < 4.78 is 14.9. The molecule has 306 valence electrons. The summed E-state index contributed by atoms with van der Waals surface area (Å²) in [6.07, 6.45) is 4.82. The van der Waals surface area contributed by atoms with Crippen LogP contribution in [0.3, 0.4) is 0 Å². The predicted octanol–water partition coefficient (Wildman–Crippen LogP) is 9.68. The molecule has 0 aliphatic heterocycles. The molecule has 0 saturated heterocycles. The van der Waals surface area contributed by atoms with Crippen molar-refractivity contribution in [2.75, 3.05) is 21.3 Å². The first-order chi connectivity index (χ1) is 30.8. The smallest absolute Gasteiger partial charge is 0.257 e. The van der Waals surface area contributed by atoms with Crippen LogP contribution in [0.1, 0.15) is 20.7 Å². The average molecular weight is 832 g/mol. The van der Waals surface area contributed by atoms with Gasteiger partial charge in [0, 0.05) is 61.5 Å². The number of pyridine rings is 5. The second-order valence-electron chi connectivity index (χ2n) is 14.2. The highest BCUT2D eigenvalue weighted by molar-refractivity contribution is 6.12. The quantitative estimate of drug-likeness (QED) is 0.0811. The molecule has 0 atom stereocenters. The van der Waals surface area contributed by atoms with Crippen molar-refractivity contribution < 1.29 is 14.0 Å². The number of carbonyl (C=O) groups excluding carboxylic acids is 2. The number of aromatic nitrogens is 5. The topological polar surface area (TPSA) is 187 Å². The number of hydrogen-bond donors (Lipinski definition) is 6. The molecule has 0 aliphatic rings. The number of carbonyl (C=O) groups is 2. The zero-order valence-electron chi connectivity index (χ0n) is 33.0. The molecule has 6 N–H and O–H groups in total. The fourth-order valence-corrected chi connectivity index (χ4v) is 7.12. The van der Waals surface area contributed by atoms with Crippen LogP contribution >= 0.6 is 0 Å². The van der Waals surface area contributed by atoms with Crippen molar-refractivity contribution in [1.29, 1.82) is 0 Å². The molecule has 0 radical (unpaired) electrons. The van der Waals surface area contributed by atoms with Crippen LogP contribution in [0, 0.1) is 5.82 Å².